The maximum absolute atomic E-state index is 11.5. The van der Waals surface area contributed by atoms with E-state index >= 15 is 0 Å². The van der Waals surface area contributed by atoms with E-state index in [1.54, 1.807) is 12.4 Å². The van der Waals surface area contributed by atoms with E-state index in [4.69, 9.17) is 0 Å². The third-order valence-corrected chi connectivity index (χ3v) is 2.74. The number of aryl methyl sites for hydroxylation is 1. The van der Waals surface area contributed by atoms with Crippen LogP contribution in [0.3, 0.4) is 0 Å². The van der Waals surface area contributed by atoms with Gasteiger partial charge in [-0.05, 0) is 19.1 Å². The molecule has 0 saturated carbocycles. The number of aromatic nitrogens is 4. The van der Waals surface area contributed by atoms with Crippen molar-refractivity contribution < 1.29 is 0 Å². The molecule has 0 aliphatic heterocycles. The number of fused-ring (bicyclic) bond motifs is 1. The SMILES string of the molecule is Cc1ncccc1-c1cnc2[nH][nH]c(=O)c2c1. The number of hydrogen-bond donors (Lipinski definition) is 2. The molecule has 0 amide bonds. The van der Waals surface area contributed by atoms with Crippen LogP contribution in [0.2, 0.25) is 0 Å². The zero-order chi connectivity index (χ0) is 11.8. The molecule has 0 radical (unpaired) electrons. The van der Waals surface area contributed by atoms with Crippen LogP contribution in [-0.4, -0.2) is 20.2 Å². The molecule has 0 saturated heterocycles. The molecule has 0 bridgehead atoms. The Labute approximate surface area is 96.5 Å². The summed E-state index contributed by atoms with van der Waals surface area (Å²) >= 11 is 0. The van der Waals surface area contributed by atoms with Crippen molar-refractivity contribution in [3.05, 3.63) is 46.6 Å². The Hall–Kier alpha value is -2.43. The van der Waals surface area contributed by atoms with Gasteiger partial charge in [0, 0.05) is 29.2 Å². The van der Waals surface area contributed by atoms with E-state index in [-0.39, 0.29) is 5.56 Å². The van der Waals surface area contributed by atoms with Crippen LogP contribution in [0.4, 0.5) is 0 Å². The molecule has 5 nitrogen and oxygen atoms in total. The minimum absolute atomic E-state index is 0.157. The van der Waals surface area contributed by atoms with Gasteiger partial charge in [-0.15, -0.1) is 0 Å². The molecule has 0 aliphatic carbocycles. The lowest BCUT2D eigenvalue weighted by Crippen LogP contribution is -1.98. The summed E-state index contributed by atoms with van der Waals surface area (Å²) in [5, 5.41) is 5.79. The Bertz CT molecular complexity index is 741. The van der Waals surface area contributed by atoms with E-state index in [1.165, 1.54) is 0 Å². The summed E-state index contributed by atoms with van der Waals surface area (Å²) in [5.41, 5.74) is 3.22. The van der Waals surface area contributed by atoms with E-state index in [0.717, 1.165) is 16.8 Å². The summed E-state index contributed by atoms with van der Waals surface area (Å²) in [6.45, 7) is 1.93. The van der Waals surface area contributed by atoms with Crippen LogP contribution >= 0.6 is 0 Å². The van der Waals surface area contributed by atoms with Gasteiger partial charge in [-0.2, -0.15) is 0 Å². The Kier molecular flexibility index (Phi) is 2.04. The lowest BCUT2D eigenvalue weighted by atomic mass is 10.1. The van der Waals surface area contributed by atoms with Gasteiger partial charge in [-0.25, -0.2) is 4.98 Å². The van der Waals surface area contributed by atoms with Crippen molar-refractivity contribution in [2.45, 2.75) is 6.92 Å². The monoisotopic (exact) mass is 226 g/mol. The van der Waals surface area contributed by atoms with Crippen molar-refractivity contribution in [3.8, 4) is 11.1 Å². The van der Waals surface area contributed by atoms with Crippen LogP contribution in [0.25, 0.3) is 22.2 Å². The highest BCUT2D eigenvalue weighted by Gasteiger charge is 2.07. The Morgan fingerprint density at radius 1 is 1.24 bits per heavy atom. The molecule has 3 heterocycles. The number of hydrogen-bond acceptors (Lipinski definition) is 3. The van der Waals surface area contributed by atoms with Crippen LogP contribution in [0.1, 0.15) is 5.69 Å². The topological polar surface area (TPSA) is 74.4 Å². The third-order valence-electron chi connectivity index (χ3n) is 2.74. The van der Waals surface area contributed by atoms with Crippen LogP contribution < -0.4 is 5.56 Å². The number of nitrogens with zero attached hydrogens (tertiary/aromatic N) is 2. The second kappa shape index (κ2) is 3.55. The Balaban J connectivity index is 2.28. The molecule has 0 aromatic carbocycles. The van der Waals surface area contributed by atoms with Gasteiger partial charge in [-0.1, -0.05) is 6.07 Å². The minimum atomic E-state index is -0.157. The number of H-pyrrole nitrogens is 2. The number of pyridine rings is 2. The van der Waals surface area contributed by atoms with Crippen LogP contribution in [0.15, 0.2) is 35.4 Å². The standard InChI is InChI=1S/C12H10N4O/c1-7-9(3-2-4-13-7)8-5-10-11(14-6-8)15-16-12(10)17/h2-6H,1H3,(H2,14,15,16,17). The van der Waals surface area contributed by atoms with Crippen LogP contribution in [-0.2, 0) is 0 Å². The predicted octanol–water partition coefficient (Wildman–Crippen LogP) is 1.62. The average Bonchev–Trinajstić information content (AvgIpc) is 2.71. The largest absolute Gasteiger partial charge is 0.281 e. The van der Waals surface area contributed by atoms with Crippen molar-refractivity contribution in [1.29, 1.82) is 0 Å². The predicted molar refractivity (Wildman–Crippen MR) is 64.7 cm³/mol. The molecule has 0 unspecified atom stereocenters. The lowest BCUT2D eigenvalue weighted by molar-refractivity contribution is 1.06. The van der Waals surface area contributed by atoms with E-state index in [9.17, 15) is 4.79 Å². The molecule has 0 aliphatic rings. The van der Waals surface area contributed by atoms with E-state index < -0.39 is 0 Å². The molecule has 84 valence electrons. The summed E-state index contributed by atoms with van der Waals surface area (Å²) in [6.07, 6.45) is 3.48. The number of nitrogens with one attached hydrogen (secondary N) is 2. The van der Waals surface area contributed by atoms with Crippen molar-refractivity contribution in [3.63, 3.8) is 0 Å². The van der Waals surface area contributed by atoms with E-state index in [0.29, 0.717) is 11.0 Å². The molecule has 0 atom stereocenters. The number of rotatable bonds is 1. The molecular formula is C12H10N4O. The summed E-state index contributed by atoms with van der Waals surface area (Å²) in [4.78, 5) is 19.9. The van der Waals surface area contributed by atoms with Gasteiger partial charge in [-0.3, -0.25) is 20.0 Å². The Morgan fingerprint density at radius 3 is 2.94 bits per heavy atom. The summed E-state index contributed by atoms with van der Waals surface area (Å²) < 4.78 is 0. The van der Waals surface area contributed by atoms with Crippen LogP contribution in [0, 0.1) is 6.92 Å². The van der Waals surface area contributed by atoms with Crippen molar-refractivity contribution >= 4 is 11.0 Å². The quantitative estimate of drug-likeness (QED) is 0.662. The van der Waals surface area contributed by atoms with E-state index in [2.05, 4.69) is 20.2 Å². The van der Waals surface area contributed by atoms with Gasteiger partial charge in [0.15, 0.2) is 5.65 Å². The molecule has 3 aromatic heterocycles. The Morgan fingerprint density at radius 2 is 2.12 bits per heavy atom. The van der Waals surface area contributed by atoms with Gasteiger partial charge in [0.2, 0.25) is 0 Å². The molecule has 3 aromatic rings. The van der Waals surface area contributed by atoms with Crippen molar-refractivity contribution in [2.24, 2.45) is 0 Å². The second-order valence-corrected chi connectivity index (χ2v) is 3.84. The maximum atomic E-state index is 11.5. The van der Waals surface area contributed by atoms with Crippen molar-refractivity contribution in [1.82, 2.24) is 20.2 Å². The van der Waals surface area contributed by atoms with Crippen molar-refractivity contribution in [2.75, 3.05) is 0 Å². The fourth-order valence-corrected chi connectivity index (χ4v) is 1.86. The van der Waals surface area contributed by atoms with Gasteiger partial charge in [0.05, 0.1) is 5.39 Å². The molecule has 5 heteroatoms. The molecule has 3 rings (SSSR count). The minimum Gasteiger partial charge on any atom is -0.281 e. The fraction of sp³-hybridized carbons (Fsp3) is 0.0833. The number of aromatic amines is 2. The average molecular weight is 226 g/mol. The van der Waals surface area contributed by atoms with E-state index in [1.807, 2.05) is 25.1 Å². The van der Waals surface area contributed by atoms with Gasteiger partial charge < -0.3 is 0 Å². The summed E-state index contributed by atoms with van der Waals surface area (Å²) in [6, 6.07) is 5.65. The fourth-order valence-electron chi connectivity index (χ4n) is 1.86. The first-order chi connectivity index (χ1) is 8.25. The first-order valence-electron chi connectivity index (χ1n) is 5.24. The first-order valence-corrected chi connectivity index (χ1v) is 5.24. The summed E-state index contributed by atoms with van der Waals surface area (Å²) in [5.74, 6) is 0. The first kappa shape index (κ1) is 9.77. The normalized spacial score (nSPS) is 10.9. The maximum Gasteiger partial charge on any atom is 0.273 e. The highest BCUT2D eigenvalue weighted by molar-refractivity contribution is 5.80. The zero-order valence-corrected chi connectivity index (χ0v) is 9.19. The molecule has 17 heavy (non-hydrogen) atoms. The van der Waals surface area contributed by atoms with Crippen LogP contribution in [0.5, 0.6) is 0 Å². The molecular weight excluding hydrogens is 216 g/mol. The molecule has 2 N–H and O–H groups in total. The molecule has 0 fully saturated rings. The van der Waals surface area contributed by atoms with Gasteiger partial charge >= 0.3 is 0 Å². The highest BCUT2D eigenvalue weighted by atomic mass is 16.1. The zero-order valence-electron chi connectivity index (χ0n) is 9.19. The van der Waals surface area contributed by atoms with Gasteiger partial charge in [0.25, 0.3) is 5.56 Å². The third kappa shape index (κ3) is 1.52. The summed E-state index contributed by atoms with van der Waals surface area (Å²) in [7, 11) is 0. The smallest absolute Gasteiger partial charge is 0.273 e. The highest BCUT2D eigenvalue weighted by Crippen LogP contribution is 2.22. The second-order valence-electron chi connectivity index (χ2n) is 3.84. The van der Waals surface area contributed by atoms with Gasteiger partial charge in [0.1, 0.15) is 0 Å². The molecule has 0 spiro atoms. The lowest BCUT2D eigenvalue weighted by Gasteiger charge is -2.03.